The lowest BCUT2D eigenvalue weighted by Crippen LogP contribution is -2.22. The molecule has 1 heterocycles. The summed E-state index contributed by atoms with van der Waals surface area (Å²) < 4.78 is 0. The molecule has 0 radical (unpaired) electrons. The van der Waals surface area contributed by atoms with E-state index in [4.69, 9.17) is 0 Å². The Morgan fingerprint density at radius 2 is 2.07 bits per heavy atom. The molecule has 0 N–H and O–H groups in total. The van der Waals surface area contributed by atoms with Gasteiger partial charge < -0.3 is 0 Å². The zero-order valence-corrected chi connectivity index (χ0v) is 9.80. The number of pyridine rings is 1. The van der Waals surface area contributed by atoms with E-state index in [9.17, 15) is 0 Å². The van der Waals surface area contributed by atoms with Crippen LogP contribution in [0, 0.1) is 6.92 Å². The molecule has 0 aromatic carbocycles. The molecule has 0 aliphatic rings. The van der Waals surface area contributed by atoms with Crippen molar-refractivity contribution in [2.24, 2.45) is 0 Å². The zero-order valence-electron chi connectivity index (χ0n) is 9.80. The van der Waals surface area contributed by atoms with Crippen LogP contribution < -0.4 is 0 Å². The maximum Gasteiger partial charge on any atom is 0.0410 e. The van der Waals surface area contributed by atoms with Crippen molar-refractivity contribution in [3.8, 4) is 0 Å². The van der Waals surface area contributed by atoms with E-state index in [1.807, 2.05) is 12.3 Å². The summed E-state index contributed by atoms with van der Waals surface area (Å²) >= 11 is 0. The van der Waals surface area contributed by atoms with Gasteiger partial charge in [0.25, 0.3) is 0 Å². The van der Waals surface area contributed by atoms with Crippen LogP contribution in [-0.2, 0) is 5.41 Å². The fourth-order valence-corrected chi connectivity index (χ4v) is 2.18. The summed E-state index contributed by atoms with van der Waals surface area (Å²) in [6.07, 6.45) is 5.54. The van der Waals surface area contributed by atoms with Crippen molar-refractivity contribution in [3.05, 3.63) is 29.6 Å². The first-order valence-electron chi connectivity index (χ1n) is 5.56. The molecule has 1 rings (SSSR count). The molecule has 1 atom stereocenters. The van der Waals surface area contributed by atoms with E-state index in [2.05, 4.69) is 38.7 Å². The van der Waals surface area contributed by atoms with Gasteiger partial charge in [0.2, 0.25) is 0 Å². The lowest BCUT2D eigenvalue weighted by Gasteiger charge is -2.29. The molecular weight excluding hydrogens is 170 g/mol. The Hall–Kier alpha value is -0.850. The van der Waals surface area contributed by atoms with Crippen molar-refractivity contribution in [2.45, 2.75) is 52.4 Å². The van der Waals surface area contributed by atoms with Gasteiger partial charge in [0.15, 0.2) is 0 Å². The number of aromatic nitrogens is 1. The van der Waals surface area contributed by atoms with Crippen LogP contribution in [0.5, 0.6) is 0 Å². The number of rotatable bonds is 4. The minimum Gasteiger partial charge on any atom is -0.261 e. The Morgan fingerprint density at radius 3 is 2.57 bits per heavy atom. The highest BCUT2D eigenvalue weighted by Gasteiger charge is 2.25. The molecule has 0 amide bonds. The molecule has 1 unspecified atom stereocenters. The first kappa shape index (κ1) is 11.2. The van der Waals surface area contributed by atoms with Crippen LogP contribution in [0.4, 0.5) is 0 Å². The highest BCUT2D eigenvalue weighted by Crippen LogP contribution is 2.33. The van der Waals surface area contributed by atoms with Gasteiger partial charge in [0, 0.05) is 11.9 Å². The van der Waals surface area contributed by atoms with E-state index >= 15 is 0 Å². The molecule has 1 heteroatoms. The van der Waals surface area contributed by atoms with Gasteiger partial charge in [-0.25, -0.2) is 0 Å². The predicted molar refractivity (Wildman–Crippen MR) is 61.5 cm³/mol. The molecule has 0 fully saturated rings. The summed E-state index contributed by atoms with van der Waals surface area (Å²) in [5.41, 5.74) is 2.92. The summed E-state index contributed by atoms with van der Waals surface area (Å²) in [6.45, 7) is 8.97. The van der Waals surface area contributed by atoms with Crippen molar-refractivity contribution in [1.29, 1.82) is 0 Å². The molecule has 0 bridgehead atoms. The topological polar surface area (TPSA) is 12.9 Å². The summed E-state index contributed by atoms with van der Waals surface area (Å²) in [5, 5.41) is 0. The Morgan fingerprint density at radius 1 is 1.36 bits per heavy atom. The van der Waals surface area contributed by atoms with Crippen LogP contribution in [0.15, 0.2) is 18.3 Å². The molecule has 1 aromatic heterocycles. The van der Waals surface area contributed by atoms with Gasteiger partial charge in [-0.15, -0.1) is 0 Å². The van der Waals surface area contributed by atoms with Crippen LogP contribution in [-0.4, -0.2) is 4.98 Å². The third-order valence-electron chi connectivity index (χ3n) is 3.24. The van der Waals surface area contributed by atoms with E-state index in [1.165, 1.54) is 30.5 Å². The molecule has 0 spiro atoms. The fourth-order valence-electron chi connectivity index (χ4n) is 2.18. The summed E-state index contributed by atoms with van der Waals surface area (Å²) in [4.78, 5) is 4.38. The Bertz CT molecular complexity index is 293. The fraction of sp³-hybridized carbons (Fsp3) is 0.615. The molecule has 14 heavy (non-hydrogen) atoms. The van der Waals surface area contributed by atoms with Crippen LogP contribution in [0.25, 0.3) is 0 Å². The summed E-state index contributed by atoms with van der Waals surface area (Å²) in [6, 6.07) is 4.27. The average Bonchev–Trinajstić information content (AvgIpc) is 2.18. The summed E-state index contributed by atoms with van der Waals surface area (Å²) in [7, 11) is 0. The number of nitrogens with zero attached hydrogens (tertiary/aromatic N) is 1. The first-order valence-corrected chi connectivity index (χ1v) is 5.56. The third kappa shape index (κ3) is 2.14. The molecule has 0 saturated carbocycles. The molecule has 1 nitrogen and oxygen atoms in total. The monoisotopic (exact) mass is 191 g/mol. The molecule has 0 aliphatic carbocycles. The Labute approximate surface area is 87.6 Å². The predicted octanol–water partition coefficient (Wildman–Crippen LogP) is 3.86. The standard InChI is InChI=1S/C13H21N/c1-5-9-13(4,6-2)12-8-7-10-14-11(12)3/h7-8,10H,5-6,9H2,1-4H3. The molecule has 0 saturated heterocycles. The second kappa shape index (κ2) is 4.59. The van der Waals surface area contributed by atoms with Gasteiger partial charge in [-0.3, -0.25) is 4.98 Å². The zero-order chi connectivity index (χ0) is 10.6. The molecule has 0 aliphatic heterocycles. The van der Waals surface area contributed by atoms with Crippen LogP contribution >= 0.6 is 0 Å². The van der Waals surface area contributed by atoms with Crippen molar-refractivity contribution in [2.75, 3.05) is 0 Å². The third-order valence-corrected chi connectivity index (χ3v) is 3.24. The molecule has 78 valence electrons. The Balaban J connectivity index is 3.05. The van der Waals surface area contributed by atoms with Crippen molar-refractivity contribution >= 4 is 0 Å². The normalized spacial score (nSPS) is 15.1. The molecular formula is C13H21N. The van der Waals surface area contributed by atoms with Crippen LogP contribution in [0.2, 0.25) is 0 Å². The van der Waals surface area contributed by atoms with Crippen molar-refractivity contribution in [3.63, 3.8) is 0 Å². The lowest BCUT2D eigenvalue weighted by atomic mass is 9.76. The largest absolute Gasteiger partial charge is 0.261 e. The first-order chi connectivity index (χ1) is 6.64. The minimum absolute atomic E-state index is 0.313. The van der Waals surface area contributed by atoms with Crippen molar-refractivity contribution in [1.82, 2.24) is 4.98 Å². The van der Waals surface area contributed by atoms with Crippen molar-refractivity contribution < 1.29 is 0 Å². The maximum absolute atomic E-state index is 4.38. The van der Waals surface area contributed by atoms with Gasteiger partial charge >= 0.3 is 0 Å². The second-order valence-electron chi connectivity index (χ2n) is 4.30. The number of aryl methyl sites for hydroxylation is 1. The Kier molecular flexibility index (Phi) is 3.68. The number of hydrogen-bond donors (Lipinski definition) is 0. The van der Waals surface area contributed by atoms with E-state index in [0.29, 0.717) is 5.41 Å². The van der Waals surface area contributed by atoms with Gasteiger partial charge in [-0.2, -0.15) is 0 Å². The minimum atomic E-state index is 0.313. The summed E-state index contributed by atoms with van der Waals surface area (Å²) in [5.74, 6) is 0. The highest BCUT2D eigenvalue weighted by atomic mass is 14.7. The van der Waals surface area contributed by atoms with Crippen LogP contribution in [0.1, 0.15) is 51.3 Å². The SMILES string of the molecule is CCCC(C)(CC)c1cccnc1C. The maximum atomic E-state index is 4.38. The molecule has 1 aromatic rings. The van der Waals surface area contributed by atoms with E-state index < -0.39 is 0 Å². The highest BCUT2D eigenvalue weighted by molar-refractivity contribution is 5.27. The average molecular weight is 191 g/mol. The smallest absolute Gasteiger partial charge is 0.0410 e. The quantitative estimate of drug-likeness (QED) is 0.704. The van der Waals surface area contributed by atoms with E-state index in [0.717, 1.165) is 0 Å². The van der Waals surface area contributed by atoms with E-state index in [-0.39, 0.29) is 0 Å². The number of hydrogen-bond acceptors (Lipinski definition) is 1. The van der Waals surface area contributed by atoms with E-state index in [1.54, 1.807) is 0 Å². The second-order valence-corrected chi connectivity index (χ2v) is 4.30. The van der Waals surface area contributed by atoms with Gasteiger partial charge in [0.1, 0.15) is 0 Å². The van der Waals surface area contributed by atoms with Crippen LogP contribution in [0.3, 0.4) is 0 Å². The van der Waals surface area contributed by atoms with Gasteiger partial charge in [-0.1, -0.05) is 33.3 Å². The lowest BCUT2D eigenvalue weighted by molar-refractivity contribution is 0.410. The van der Waals surface area contributed by atoms with Gasteiger partial charge in [-0.05, 0) is 36.8 Å². The van der Waals surface area contributed by atoms with Gasteiger partial charge in [0.05, 0.1) is 0 Å².